The van der Waals surface area contributed by atoms with Crippen molar-refractivity contribution < 1.29 is 0 Å². The number of aryl methyl sites for hydroxylation is 1. The summed E-state index contributed by atoms with van der Waals surface area (Å²) in [6.45, 7) is 6.84. The van der Waals surface area contributed by atoms with Crippen LogP contribution in [0.5, 0.6) is 0 Å². The molecule has 0 N–H and O–H groups in total. The fraction of sp³-hybridized carbons (Fsp3) is 0.0769. The first-order chi connectivity index (χ1) is 27.4. The summed E-state index contributed by atoms with van der Waals surface area (Å²) in [6, 6.07) is 57.7. The van der Waals surface area contributed by atoms with Crippen molar-refractivity contribution in [1.82, 2.24) is 18.9 Å². The van der Waals surface area contributed by atoms with Gasteiger partial charge in [-0.25, -0.2) is 9.97 Å². The second-order valence-electron chi connectivity index (χ2n) is 15.7. The first-order valence-corrected chi connectivity index (χ1v) is 19.3. The predicted molar refractivity (Wildman–Crippen MR) is 231 cm³/mol. The Hall–Kier alpha value is -7.04. The molecule has 0 atom stereocenters. The molecular formula is C52H38N4. The third-order valence-electron chi connectivity index (χ3n) is 11.9. The summed E-state index contributed by atoms with van der Waals surface area (Å²) in [7, 11) is 0. The fourth-order valence-corrected chi connectivity index (χ4v) is 8.86. The molecule has 56 heavy (non-hydrogen) atoms. The van der Waals surface area contributed by atoms with Gasteiger partial charge in [0.15, 0.2) is 0 Å². The summed E-state index contributed by atoms with van der Waals surface area (Å²) in [5.74, 6) is 0.697. The molecule has 3 aromatic heterocycles. The van der Waals surface area contributed by atoms with E-state index < -0.39 is 0 Å². The fourth-order valence-electron chi connectivity index (χ4n) is 8.86. The van der Waals surface area contributed by atoms with Gasteiger partial charge < -0.3 is 4.57 Å². The van der Waals surface area contributed by atoms with Crippen LogP contribution in [-0.4, -0.2) is 18.9 Å². The summed E-state index contributed by atoms with van der Waals surface area (Å²) in [6.07, 6.45) is 6.09. The van der Waals surface area contributed by atoms with Crippen LogP contribution in [0.3, 0.4) is 0 Å². The second kappa shape index (κ2) is 12.2. The van der Waals surface area contributed by atoms with Crippen molar-refractivity contribution in [2.75, 3.05) is 0 Å². The van der Waals surface area contributed by atoms with E-state index in [0.717, 1.165) is 22.4 Å². The van der Waals surface area contributed by atoms with Crippen molar-refractivity contribution in [1.29, 1.82) is 0 Å². The van der Waals surface area contributed by atoms with Crippen molar-refractivity contribution in [3.63, 3.8) is 0 Å². The number of nitrogens with zero attached hydrogens (tertiary/aromatic N) is 4. The number of aromatic nitrogens is 4. The molecule has 0 amide bonds. The zero-order chi connectivity index (χ0) is 37.5. The van der Waals surface area contributed by atoms with Gasteiger partial charge in [0.2, 0.25) is 5.78 Å². The average molecular weight is 719 g/mol. The molecule has 4 nitrogen and oxygen atoms in total. The van der Waals surface area contributed by atoms with E-state index >= 15 is 0 Å². The molecule has 0 fully saturated rings. The Bertz CT molecular complexity index is 3150. The van der Waals surface area contributed by atoms with Crippen LogP contribution in [-0.2, 0) is 5.41 Å². The molecule has 0 spiro atoms. The standard InChI is InChI=1S/C52H38N4/c1-33-13-15-37(16-14-33)48-32-55-31-40(30-53-51(55)54-48)36-19-17-35(18-20-36)39-21-24-42-43-25-23-41(29-47(43)52(2,3)46(42)28-39)56-49-12-8-7-11-44(49)45-27-38(22-26-50(45)56)34-9-5-4-6-10-34/h4-32H,1-3H3. The maximum atomic E-state index is 4.76. The Morgan fingerprint density at radius 3 is 1.89 bits per heavy atom. The van der Waals surface area contributed by atoms with Crippen LogP contribution >= 0.6 is 0 Å². The minimum Gasteiger partial charge on any atom is -0.309 e. The summed E-state index contributed by atoms with van der Waals surface area (Å²) in [5, 5.41) is 2.54. The Morgan fingerprint density at radius 1 is 0.482 bits per heavy atom. The maximum Gasteiger partial charge on any atom is 0.234 e. The van der Waals surface area contributed by atoms with Gasteiger partial charge in [0.05, 0.1) is 16.7 Å². The predicted octanol–water partition coefficient (Wildman–Crippen LogP) is 13.1. The molecule has 1 aliphatic rings. The average Bonchev–Trinajstić information content (AvgIpc) is 3.89. The van der Waals surface area contributed by atoms with Crippen LogP contribution in [0.1, 0.15) is 30.5 Å². The number of para-hydroxylation sites is 1. The molecule has 0 saturated carbocycles. The third-order valence-corrected chi connectivity index (χ3v) is 11.9. The lowest BCUT2D eigenvalue weighted by molar-refractivity contribution is 0.660. The molecular weight excluding hydrogens is 681 g/mol. The van der Waals surface area contributed by atoms with Crippen LogP contribution < -0.4 is 0 Å². The van der Waals surface area contributed by atoms with E-state index in [-0.39, 0.29) is 5.41 Å². The molecule has 266 valence electrons. The largest absolute Gasteiger partial charge is 0.309 e. The summed E-state index contributed by atoms with van der Waals surface area (Å²) in [4.78, 5) is 9.46. The number of hydrogen-bond donors (Lipinski definition) is 0. The van der Waals surface area contributed by atoms with Gasteiger partial charge in [-0.2, -0.15) is 0 Å². The van der Waals surface area contributed by atoms with Crippen LogP contribution in [0.4, 0.5) is 0 Å². The lowest BCUT2D eigenvalue weighted by atomic mass is 9.81. The molecule has 0 radical (unpaired) electrons. The minimum atomic E-state index is -0.167. The molecule has 0 bridgehead atoms. The van der Waals surface area contributed by atoms with Gasteiger partial charge in [-0.15, -0.1) is 0 Å². The first-order valence-electron chi connectivity index (χ1n) is 19.3. The molecule has 4 heteroatoms. The minimum absolute atomic E-state index is 0.167. The molecule has 0 saturated heterocycles. The van der Waals surface area contributed by atoms with Gasteiger partial charge in [-0.3, -0.25) is 4.40 Å². The lowest BCUT2D eigenvalue weighted by Crippen LogP contribution is -2.15. The second-order valence-corrected chi connectivity index (χ2v) is 15.7. The van der Waals surface area contributed by atoms with E-state index in [0.29, 0.717) is 5.78 Å². The maximum absolute atomic E-state index is 4.76. The van der Waals surface area contributed by atoms with Crippen molar-refractivity contribution in [3.8, 4) is 61.5 Å². The van der Waals surface area contributed by atoms with E-state index in [1.807, 2.05) is 10.6 Å². The number of fused-ring (bicyclic) bond motifs is 7. The van der Waals surface area contributed by atoms with Gasteiger partial charge in [0.1, 0.15) is 0 Å². The number of imidazole rings is 1. The molecule has 3 heterocycles. The number of benzene rings is 7. The Morgan fingerprint density at radius 2 is 1.09 bits per heavy atom. The Balaban J connectivity index is 0.917. The highest BCUT2D eigenvalue weighted by atomic mass is 15.1. The van der Waals surface area contributed by atoms with Crippen molar-refractivity contribution in [2.45, 2.75) is 26.2 Å². The SMILES string of the molecule is Cc1ccc(-c2cn3cc(-c4ccc(-c5ccc6c(c5)C(C)(C)c5cc(-n7c8ccccc8c8cc(-c9ccccc9)ccc87)ccc5-6)cc4)cnc3n2)cc1. The number of hydrogen-bond acceptors (Lipinski definition) is 2. The van der Waals surface area contributed by atoms with Gasteiger partial charge in [0, 0.05) is 51.6 Å². The van der Waals surface area contributed by atoms with Crippen LogP contribution in [0, 0.1) is 6.92 Å². The highest BCUT2D eigenvalue weighted by Crippen LogP contribution is 2.50. The number of rotatable bonds is 5. The zero-order valence-electron chi connectivity index (χ0n) is 31.5. The molecule has 1 aliphatic carbocycles. The van der Waals surface area contributed by atoms with E-state index in [4.69, 9.17) is 9.97 Å². The first kappa shape index (κ1) is 32.4. The molecule has 0 unspecified atom stereocenters. The molecule has 7 aromatic carbocycles. The van der Waals surface area contributed by atoms with Crippen LogP contribution in [0.2, 0.25) is 0 Å². The normalized spacial score (nSPS) is 13.1. The lowest BCUT2D eigenvalue weighted by Gasteiger charge is -2.23. The highest BCUT2D eigenvalue weighted by Gasteiger charge is 2.36. The monoisotopic (exact) mass is 718 g/mol. The van der Waals surface area contributed by atoms with Crippen molar-refractivity contribution in [2.24, 2.45) is 0 Å². The van der Waals surface area contributed by atoms with E-state index in [2.05, 4.69) is 195 Å². The van der Waals surface area contributed by atoms with Crippen LogP contribution in [0.25, 0.3) is 89.0 Å². The van der Waals surface area contributed by atoms with Gasteiger partial charge in [-0.05, 0) is 93.4 Å². The van der Waals surface area contributed by atoms with Gasteiger partial charge in [0.25, 0.3) is 0 Å². The zero-order valence-corrected chi connectivity index (χ0v) is 31.5. The van der Waals surface area contributed by atoms with Gasteiger partial charge >= 0.3 is 0 Å². The van der Waals surface area contributed by atoms with E-state index in [1.165, 1.54) is 77.6 Å². The van der Waals surface area contributed by atoms with Crippen molar-refractivity contribution in [3.05, 3.63) is 193 Å². The van der Waals surface area contributed by atoms with Gasteiger partial charge in [-0.1, -0.05) is 141 Å². The topological polar surface area (TPSA) is 35.1 Å². The molecule has 10 aromatic rings. The third kappa shape index (κ3) is 5.06. The van der Waals surface area contributed by atoms with E-state index in [9.17, 15) is 0 Å². The van der Waals surface area contributed by atoms with Crippen molar-refractivity contribution >= 4 is 27.6 Å². The Kier molecular flexibility index (Phi) is 7.08. The summed E-state index contributed by atoms with van der Waals surface area (Å²) < 4.78 is 4.46. The summed E-state index contributed by atoms with van der Waals surface area (Å²) in [5.41, 5.74) is 19.1. The summed E-state index contributed by atoms with van der Waals surface area (Å²) >= 11 is 0. The smallest absolute Gasteiger partial charge is 0.234 e. The quantitative estimate of drug-likeness (QED) is 0.178. The Labute approximate surface area is 326 Å². The highest BCUT2D eigenvalue weighted by molar-refractivity contribution is 6.10. The van der Waals surface area contributed by atoms with E-state index in [1.54, 1.807) is 0 Å². The van der Waals surface area contributed by atoms with Crippen LogP contribution in [0.15, 0.2) is 176 Å². The molecule has 0 aliphatic heterocycles. The molecule has 11 rings (SSSR count).